The summed E-state index contributed by atoms with van der Waals surface area (Å²) in [6.45, 7) is 4.84. The molecule has 0 unspecified atom stereocenters. The average molecular weight is 605 g/mol. The summed E-state index contributed by atoms with van der Waals surface area (Å²) in [4.78, 5) is 28.2. The number of nitrogens with zero attached hydrogens (tertiary/aromatic N) is 2. The van der Waals surface area contributed by atoms with Crippen LogP contribution in [0.1, 0.15) is 32.8 Å². The molecule has 0 spiro atoms. The first-order valence-electron chi connectivity index (χ1n) is 12.2. The van der Waals surface area contributed by atoms with Crippen molar-refractivity contribution in [1.82, 2.24) is 10.2 Å². The van der Waals surface area contributed by atoms with E-state index in [1.54, 1.807) is 49.4 Å². The van der Waals surface area contributed by atoms with Gasteiger partial charge in [-0.2, -0.15) is 0 Å². The molecule has 2 atom stereocenters. The second-order valence-corrected chi connectivity index (χ2v) is 11.7. The van der Waals surface area contributed by atoms with Gasteiger partial charge in [0.25, 0.3) is 10.0 Å². The summed E-state index contributed by atoms with van der Waals surface area (Å²) in [5.74, 6) is -1.37. The maximum Gasteiger partial charge on any atom is 0.264 e. The molecule has 38 heavy (non-hydrogen) atoms. The third-order valence-corrected chi connectivity index (χ3v) is 8.48. The summed E-state index contributed by atoms with van der Waals surface area (Å²) in [7, 11) is -4.12. The highest BCUT2D eigenvalue weighted by Gasteiger charge is 2.32. The smallest absolute Gasteiger partial charge is 0.264 e. The maximum absolute atomic E-state index is 13.8. The van der Waals surface area contributed by atoms with Crippen LogP contribution in [0.2, 0.25) is 0 Å². The van der Waals surface area contributed by atoms with E-state index in [0.717, 1.165) is 8.78 Å². The fourth-order valence-electron chi connectivity index (χ4n) is 3.69. The fourth-order valence-corrected chi connectivity index (χ4v) is 5.39. The molecule has 3 aromatic rings. The van der Waals surface area contributed by atoms with E-state index in [9.17, 15) is 22.4 Å². The molecule has 202 valence electrons. The molecule has 0 saturated carbocycles. The van der Waals surface area contributed by atoms with Crippen molar-refractivity contribution >= 4 is 43.5 Å². The molecule has 2 amide bonds. The third kappa shape index (κ3) is 7.41. The van der Waals surface area contributed by atoms with Crippen LogP contribution >= 0.6 is 15.9 Å². The average Bonchev–Trinajstić information content (AvgIpc) is 2.91. The molecule has 0 saturated heterocycles. The van der Waals surface area contributed by atoms with Crippen molar-refractivity contribution in [1.29, 1.82) is 0 Å². The van der Waals surface area contributed by atoms with Crippen LogP contribution in [0.3, 0.4) is 0 Å². The van der Waals surface area contributed by atoms with Gasteiger partial charge in [0.15, 0.2) is 0 Å². The van der Waals surface area contributed by atoms with Crippen molar-refractivity contribution in [3.8, 4) is 0 Å². The summed E-state index contributed by atoms with van der Waals surface area (Å²) >= 11 is 3.35. The highest BCUT2D eigenvalue weighted by Crippen LogP contribution is 2.26. The maximum atomic E-state index is 13.8. The van der Waals surface area contributed by atoms with E-state index in [1.807, 2.05) is 13.8 Å². The van der Waals surface area contributed by atoms with E-state index in [-0.39, 0.29) is 23.4 Å². The minimum Gasteiger partial charge on any atom is -0.352 e. The predicted octanol–water partition coefficient (Wildman–Crippen LogP) is 5.12. The highest BCUT2D eigenvalue weighted by atomic mass is 79.9. The normalized spacial score (nSPS) is 12.9. The largest absolute Gasteiger partial charge is 0.352 e. The van der Waals surface area contributed by atoms with Crippen LogP contribution in [-0.4, -0.2) is 43.8 Å². The molecule has 0 aliphatic heterocycles. The number of amides is 2. The number of benzene rings is 3. The first-order valence-corrected chi connectivity index (χ1v) is 14.4. The molecule has 7 nitrogen and oxygen atoms in total. The minimum absolute atomic E-state index is 0.00618. The Bertz CT molecular complexity index is 1340. The van der Waals surface area contributed by atoms with Crippen LogP contribution in [0, 0.1) is 5.82 Å². The molecule has 0 aliphatic carbocycles. The molecule has 3 aromatic carbocycles. The molecule has 0 bridgehead atoms. The number of nitrogens with one attached hydrogen (secondary N) is 1. The van der Waals surface area contributed by atoms with Gasteiger partial charge < -0.3 is 10.2 Å². The second kappa shape index (κ2) is 13.0. The van der Waals surface area contributed by atoms with E-state index in [4.69, 9.17) is 0 Å². The first-order chi connectivity index (χ1) is 18.0. The Morgan fingerprint density at radius 3 is 2.13 bits per heavy atom. The summed E-state index contributed by atoms with van der Waals surface area (Å²) in [5.41, 5.74) is 0.896. The summed E-state index contributed by atoms with van der Waals surface area (Å²) in [6, 6.07) is 19.0. The Morgan fingerprint density at radius 2 is 1.55 bits per heavy atom. The van der Waals surface area contributed by atoms with E-state index in [1.165, 1.54) is 41.3 Å². The van der Waals surface area contributed by atoms with Crippen LogP contribution in [0.4, 0.5) is 10.1 Å². The number of carbonyl (C=O) groups is 2. The SMILES string of the molecule is CC[C@H](C)NC(=O)[C@@H](C)N(Cc1ccc(F)cc1)C(=O)CN(c1ccc(Br)cc1)S(=O)(=O)c1ccccc1. The van der Waals surface area contributed by atoms with Crippen molar-refractivity contribution in [2.45, 2.75) is 50.7 Å². The number of carbonyl (C=O) groups excluding carboxylic acids is 2. The lowest BCUT2D eigenvalue weighted by molar-refractivity contribution is -0.139. The molecular weight excluding hydrogens is 573 g/mol. The zero-order chi connectivity index (χ0) is 27.9. The molecule has 0 aromatic heterocycles. The molecule has 0 radical (unpaired) electrons. The summed E-state index contributed by atoms with van der Waals surface area (Å²) in [5, 5.41) is 2.88. The van der Waals surface area contributed by atoms with Gasteiger partial charge in [0.05, 0.1) is 10.6 Å². The van der Waals surface area contributed by atoms with E-state index in [0.29, 0.717) is 17.7 Å². The zero-order valence-electron chi connectivity index (χ0n) is 21.5. The van der Waals surface area contributed by atoms with Gasteiger partial charge in [-0.25, -0.2) is 12.8 Å². The van der Waals surface area contributed by atoms with Crippen molar-refractivity contribution in [2.75, 3.05) is 10.8 Å². The summed E-state index contributed by atoms with van der Waals surface area (Å²) < 4.78 is 42.7. The number of anilines is 1. The van der Waals surface area contributed by atoms with Crippen molar-refractivity contribution in [3.05, 3.63) is 94.7 Å². The summed E-state index contributed by atoms with van der Waals surface area (Å²) in [6.07, 6.45) is 0.705. The molecular formula is C28H31BrFN3O4S. The fraction of sp³-hybridized carbons (Fsp3) is 0.286. The van der Waals surface area contributed by atoms with Crippen LogP contribution in [0.15, 0.2) is 88.2 Å². The highest BCUT2D eigenvalue weighted by molar-refractivity contribution is 9.10. The number of halogens is 2. The quantitative estimate of drug-likeness (QED) is 0.330. The minimum atomic E-state index is -4.12. The molecule has 1 N–H and O–H groups in total. The van der Waals surface area contributed by atoms with Crippen LogP contribution < -0.4 is 9.62 Å². The lowest BCUT2D eigenvalue weighted by atomic mass is 10.1. The Kier molecular flexibility index (Phi) is 10.0. The van der Waals surface area contributed by atoms with E-state index in [2.05, 4.69) is 21.2 Å². The van der Waals surface area contributed by atoms with Gasteiger partial charge in [-0.3, -0.25) is 13.9 Å². The van der Waals surface area contributed by atoms with E-state index >= 15 is 0 Å². The van der Waals surface area contributed by atoms with E-state index < -0.39 is 34.3 Å². The number of sulfonamides is 1. The zero-order valence-corrected chi connectivity index (χ0v) is 23.9. The van der Waals surface area contributed by atoms with Gasteiger partial charge in [-0.1, -0.05) is 53.2 Å². The molecule has 0 aliphatic rings. The van der Waals surface area contributed by atoms with Gasteiger partial charge >= 0.3 is 0 Å². The van der Waals surface area contributed by atoms with Gasteiger partial charge in [-0.05, 0) is 74.4 Å². The second-order valence-electron chi connectivity index (χ2n) is 8.94. The lowest BCUT2D eigenvalue weighted by Crippen LogP contribution is -2.52. The van der Waals surface area contributed by atoms with Crippen LogP contribution in [0.5, 0.6) is 0 Å². The Hall–Kier alpha value is -3.24. The topological polar surface area (TPSA) is 86.8 Å². The van der Waals surface area contributed by atoms with Crippen molar-refractivity contribution < 1.29 is 22.4 Å². The van der Waals surface area contributed by atoms with Crippen molar-refractivity contribution in [3.63, 3.8) is 0 Å². The van der Waals surface area contributed by atoms with Gasteiger partial charge in [0.2, 0.25) is 11.8 Å². The lowest BCUT2D eigenvalue weighted by Gasteiger charge is -2.32. The Balaban J connectivity index is 2.00. The number of rotatable bonds is 11. The van der Waals surface area contributed by atoms with Crippen LogP contribution in [-0.2, 0) is 26.2 Å². The first kappa shape index (κ1) is 29.3. The van der Waals surface area contributed by atoms with Crippen molar-refractivity contribution in [2.24, 2.45) is 0 Å². The predicted molar refractivity (Wildman–Crippen MR) is 149 cm³/mol. The molecule has 0 heterocycles. The standard InChI is InChI=1S/C28H31BrFN3O4S/c1-4-20(2)31-28(35)21(3)32(18-22-10-14-24(30)15-11-22)27(34)19-33(25-16-12-23(29)13-17-25)38(36,37)26-8-6-5-7-9-26/h5-17,20-21H,4,18-19H2,1-3H3,(H,31,35)/t20-,21+/m0/s1. The van der Waals surface area contributed by atoms with Crippen LogP contribution in [0.25, 0.3) is 0 Å². The molecule has 3 rings (SSSR count). The van der Waals surface area contributed by atoms with Gasteiger partial charge in [-0.15, -0.1) is 0 Å². The number of hydrogen-bond acceptors (Lipinski definition) is 4. The Labute approximate surface area is 231 Å². The molecule has 0 fully saturated rings. The molecule has 10 heteroatoms. The number of hydrogen-bond donors (Lipinski definition) is 1. The third-order valence-electron chi connectivity index (χ3n) is 6.16. The monoisotopic (exact) mass is 603 g/mol. The van der Waals surface area contributed by atoms with Gasteiger partial charge in [0.1, 0.15) is 18.4 Å². The Morgan fingerprint density at radius 1 is 0.947 bits per heavy atom. The van der Waals surface area contributed by atoms with Gasteiger partial charge in [0, 0.05) is 17.1 Å².